The summed E-state index contributed by atoms with van der Waals surface area (Å²) < 4.78 is 1.11. The largest absolute Gasteiger partial charge is 0.381 e. The van der Waals surface area contributed by atoms with Gasteiger partial charge in [-0.05, 0) is 24.6 Å². The van der Waals surface area contributed by atoms with Crippen LogP contribution in [0.3, 0.4) is 0 Å². The van der Waals surface area contributed by atoms with E-state index >= 15 is 0 Å². The molecule has 1 unspecified atom stereocenters. The molecule has 0 saturated heterocycles. The molecule has 3 N–H and O–H groups in total. The van der Waals surface area contributed by atoms with E-state index in [9.17, 15) is 0 Å². The summed E-state index contributed by atoms with van der Waals surface area (Å²) in [5.41, 5.74) is 7.02. The van der Waals surface area contributed by atoms with E-state index in [1.807, 2.05) is 12.1 Å². The number of nitrogens with two attached hydrogens (primary N) is 1. The lowest BCUT2D eigenvalue weighted by Gasteiger charge is -2.18. The van der Waals surface area contributed by atoms with Gasteiger partial charge in [-0.1, -0.05) is 73.9 Å². The summed E-state index contributed by atoms with van der Waals surface area (Å²) in [5, 5.41) is 3.53. The molecule has 0 heterocycles. The molecule has 1 atom stereocenters. The molecule has 1 rings (SSSR count). The Kier molecular flexibility index (Phi) is 9.77. The van der Waals surface area contributed by atoms with E-state index in [2.05, 4.69) is 40.3 Å². The van der Waals surface area contributed by atoms with Crippen LogP contribution in [0.4, 0.5) is 5.69 Å². The molecule has 0 bridgehead atoms. The number of hydrogen-bond acceptors (Lipinski definition) is 2. The van der Waals surface area contributed by atoms with Gasteiger partial charge in [0.1, 0.15) is 0 Å². The van der Waals surface area contributed by atoms with Gasteiger partial charge in [-0.2, -0.15) is 0 Å². The molecule has 1 aromatic carbocycles. The molecule has 0 spiro atoms. The van der Waals surface area contributed by atoms with E-state index in [1.165, 1.54) is 44.9 Å². The van der Waals surface area contributed by atoms with E-state index in [1.54, 1.807) is 0 Å². The maximum atomic E-state index is 5.86. The zero-order chi connectivity index (χ0) is 14.6. The van der Waals surface area contributed by atoms with Crippen molar-refractivity contribution in [3.8, 4) is 0 Å². The van der Waals surface area contributed by atoms with Crippen molar-refractivity contribution < 1.29 is 0 Å². The van der Waals surface area contributed by atoms with Crippen LogP contribution < -0.4 is 11.1 Å². The Balaban J connectivity index is 2.16. The summed E-state index contributed by atoms with van der Waals surface area (Å²) in [6.45, 7) is 2.96. The van der Waals surface area contributed by atoms with E-state index in [0.29, 0.717) is 12.6 Å². The molecule has 0 amide bonds. The molecule has 20 heavy (non-hydrogen) atoms. The first-order valence-corrected chi connectivity index (χ1v) is 8.77. The predicted octanol–water partition coefficient (Wildman–Crippen LogP) is 5.33. The molecule has 0 aromatic heterocycles. The molecular weight excluding hydrogens is 312 g/mol. The second-order valence-corrected chi connectivity index (χ2v) is 6.41. The van der Waals surface area contributed by atoms with E-state index in [-0.39, 0.29) is 0 Å². The molecule has 1 aromatic rings. The van der Waals surface area contributed by atoms with Gasteiger partial charge < -0.3 is 11.1 Å². The zero-order valence-electron chi connectivity index (χ0n) is 12.7. The van der Waals surface area contributed by atoms with E-state index < -0.39 is 0 Å². The van der Waals surface area contributed by atoms with Crippen molar-refractivity contribution >= 4 is 21.6 Å². The molecular formula is C17H29BrN2. The zero-order valence-corrected chi connectivity index (χ0v) is 14.3. The van der Waals surface area contributed by atoms with E-state index in [4.69, 9.17) is 5.73 Å². The van der Waals surface area contributed by atoms with Crippen LogP contribution in [0.25, 0.3) is 0 Å². The summed E-state index contributed by atoms with van der Waals surface area (Å²) in [5.74, 6) is 0. The van der Waals surface area contributed by atoms with Gasteiger partial charge in [0, 0.05) is 22.7 Å². The molecule has 0 aliphatic heterocycles. The Bertz CT molecular complexity index is 355. The number of halogens is 1. The van der Waals surface area contributed by atoms with Gasteiger partial charge in [0.15, 0.2) is 0 Å². The van der Waals surface area contributed by atoms with Crippen molar-refractivity contribution in [3.63, 3.8) is 0 Å². The fraction of sp³-hybridized carbons (Fsp3) is 0.647. The lowest BCUT2D eigenvalue weighted by Crippen LogP contribution is -2.28. The second-order valence-electron chi connectivity index (χ2n) is 5.50. The Morgan fingerprint density at radius 3 is 2.45 bits per heavy atom. The quantitative estimate of drug-likeness (QED) is 0.534. The highest BCUT2D eigenvalue weighted by Crippen LogP contribution is 2.18. The highest BCUT2D eigenvalue weighted by molar-refractivity contribution is 9.10. The number of anilines is 1. The molecule has 2 nitrogen and oxygen atoms in total. The van der Waals surface area contributed by atoms with Crippen LogP contribution in [-0.2, 0) is 0 Å². The van der Waals surface area contributed by atoms with Crippen LogP contribution in [0, 0.1) is 0 Å². The lowest BCUT2D eigenvalue weighted by atomic mass is 10.0. The topological polar surface area (TPSA) is 38.0 Å². The van der Waals surface area contributed by atoms with Gasteiger partial charge in [-0.25, -0.2) is 0 Å². The standard InChI is InChI=1S/C17H29BrN2/c1-2-3-4-5-6-7-8-11-17(14-19)20-16-12-9-10-15(18)13-16/h9-10,12-13,17,20H,2-8,11,14,19H2,1H3. The summed E-state index contributed by atoms with van der Waals surface area (Å²) in [6, 6.07) is 8.68. The first kappa shape index (κ1) is 17.5. The summed E-state index contributed by atoms with van der Waals surface area (Å²) in [7, 11) is 0. The molecule has 0 radical (unpaired) electrons. The number of benzene rings is 1. The second kappa shape index (κ2) is 11.2. The molecule has 0 fully saturated rings. The minimum atomic E-state index is 0.389. The molecule has 0 saturated carbocycles. The van der Waals surface area contributed by atoms with E-state index in [0.717, 1.165) is 16.6 Å². The number of nitrogens with one attached hydrogen (secondary N) is 1. The van der Waals surface area contributed by atoms with Crippen molar-refractivity contribution in [2.24, 2.45) is 5.73 Å². The minimum absolute atomic E-state index is 0.389. The Morgan fingerprint density at radius 2 is 1.80 bits per heavy atom. The van der Waals surface area contributed by atoms with Gasteiger partial charge >= 0.3 is 0 Å². The number of unbranched alkanes of at least 4 members (excludes halogenated alkanes) is 6. The maximum absolute atomic E-state index is 5.86. The predicted molar refractivity (Wildman–Crippen MR) is 93.2 cm³/mol. The Hall–Kier alpha value is -0.540. The minimum Gasteiger partial charge on any atom is -0.381 e. The SMILES string of the molecule is CCCCCCCCCC(CN)Nc1cccc(Br)c1. The van der Waals surface area contributed by atoms with Gasteiger partial charge in [-0.15, -0.1) is 0 Å². The highest BCUT2D eigenvalue weighted by Gasteiger charge is 2.06. The van der Waals surface area contributed by atoms with Gasteiger partial charge in [0.25, 0.3) is 0 Å². The summed E-state index contributed by atoms with van der Waals surface area (Å²) in [4.78, 5) is 0. The smallest absolute Gasteiger partial charge is 0.0383 e. The third-order valence-electron chi connectivity index (χ3n) is 3.64. The van der Waals surface area contributed by atoms with Crippen LogP contribution in [0.2, 0.25) is 0 Å². The average Bonchev–Trinajstić information content (AvgIpc) is 2.45. The molecule has 114 valence electrons. The fourth-order valence-electron chi connectivity index (χ4n) is 2.41. The number of hydrogen-bond donors (Lipinski definition) is 2. The van der Waals surface area contributed by atoms with Crippen molar-refractivity contribution in [1.82, 2.24) is 0 Å². The highest BCUT2D eigenvalue weighted by atomic mass is 79.9. The first-order valence-electron chi connectivity index (χ1n) is 7.98. The van der Waals surface area contributed by atoms with Gasteiger partial charge in [0.05, 0.1) is 0 Å². The van der Waals surface area contributed by atoms with Gasteiger partial charge in [0.2, 0.25) is 0 Å². The van der Waals surface area contributed by atoms with Crippen molar-refractivity contribution in [2.75, 3.05) is 11.9 Å². The van der Waals surface area contributed by atoms with Crippen LogP contribution in [-0.4, -0.2) is 12.6 Å². The lowest BCUT2D eigenvalue weighted by molar-refractivity contribution is 0.548. The Labute approximate surface area is 132 Å². The first-order chi connectivity index (χ1) is 9.76. The Morgan fingerprint density at radius 1 is 1.10 bits per heavy atom. The summed E-state index contributed by atoms with van der Waals surface area (Å²) in [6.07, 6.45) is 10.6. The third-order valence-corrected chi connectivity index (χ3v) is 4.13. The van der Waals surface area contributed by atoms with Crippen LogP contribution in [0.1, 0.15) is 58.3 Å². The normalized spacial score (nSPS) is 12.3. The van der Waals surface area contributed by atoms with Crippen LogP contribution in [0.5, 0.6) is 0 Å². The molecule has 0 aliphatic rings. The van der Waals surface area contributed by atoms with Crippen molar-refractivity contribution in [3.05, 3.63) is 28.7 Å². The number of rotatable bonds is 11. The van der Waals surface area contributed by atoms with Gasteiger partial charge in [-0.3, -0.25) is 0 Å². The molecule has 0 aliphatic carbocycles. The summed E-state index contributed by atoms with van der Waals surface area (Å²) >= 11 is 3.50. The fourth-order valence-corrected chi connectivity index (χ4v) is 2.81. The van der Waals surface area contributed by atoms with Crippen LogP contribution in [0.15, 0.2) is 28.7 Å². The van der Waals surface area contributed by atoms with Crippen molar-refractivity contribution in [1.29, 1.82) is 0 Å². The third kappa shape index (κ3) is 7.91. The molecule has 3 heteroatoms. The maximum Gasteiger partial charge on any atom is 0.0383 e. The monoisotopic (exact) mass is 340 g/mol. The average molecular weight is 341 g/mol. The van der Waals surface area contributed by atoms with Crippen LogP contribution >= 0.6 is 15.9 Å². The van der Waals surface area contributed by atoms with Crippen molar-refractivity contribution in [2.45, 2.75) is 64.3 Å².